The average molecular weight is 226 g/mol. The van der Waals surface area contributed by atoms with Gasteiger partial charge < -0.3 is 15.7 Å². The quantitative estimate of drug-likeness (QED) is 0.726. The van der Waals surface area contributed by atoms with Crippen LogP contribution in [0.3, 0.4) is 0 Å². The summed E-state index contributed by atoms with van der Waals surface area (Å²) in [5, 5.41) is 9.91. The Morgan fingerprint density at radius 1 is 1.38 bits per heavy atom. The van der Waals surface area contributed by atoms with E-state index in [0.717, 1.165) is 25.3 Å². The molecule has 4 nitrogen and oxygen atoms in total. The van der Waals surface area contributed by atoms with E-state index in [2.05, 4.69) is 0 Å². The van der Waals surface area contributed by atoms with Gasteiger partial charge in [-0.3, -0.25) is 4.79 Å². The molecule has 0 aromatic carbocycles. The fourth-order valence-electron chi connectivity index (χ4n) is 2.54. The highest BCUT2D eigenvalue weighted by atomic mass is 16.3. The number of hydrogen-bond acceptors (Lipinski definition) is 3. The number of likely N-dealkylation sites (tertiary alicyclic amines) is 1. The number of hydrogen-bond donors (Lipinski definition) is 2. The first-order chi connectivity index (χ1) is 7.70. The Kier molecular flexibility index (Phi) is 3.82. The van der Waals surface area contributed by atoms with Crippen LogP contribution in [0.25, 0.3) is 0 Å². The molecule has 1 saturated carbocycles. The molecular weight excluding hydrogens is 204 g/mol. The van der Waals surface area contributed by atoms with Crippen molar-refractivity contribution in [3.63, 3.8) is 0 Å². The standard InChI is InChI=1S/C12H22N2O2/c13-5-3-12(16)14-6-4-11(15)10(8-14)7-9-1-2-9/h9-11,15H,1-8,13H2/t10-,11+/m1/s1. The molecule has 3 N–H and O–H groups in total. The first-order valence-electron chi connectivity index (χ1n) is 6.36. The molecule has 0 bridgehead atoms. The second-order valence-corrected chi connectivity index (χ2v) is 5.17. The average Bonchev–Trinajstić information content (AvgIpc) is 3.05. The van der Waals surface area contributed by atoms with E-state index in [1.54, 1.807) is 0 Å². The van der Waals surface area contributed by atoms with E-state index in [-0.39, 0.29) is 12.0 Å². The maximum Gasteiger partial charge on any atom is 0.223 e. The number of carbonyl (C=O) groups excluding carboxylic acids is 1. The molecule has 1 heterocycles. The molecule has 2 rings (SSSR count). The Morgan fingerprint density at radius 3 is 2.75 bits per heavy atom. The predicted molar refractivity (Wildman–Crippen MR) is 61.7 cm³/mol. The van der Waals surface area contributed by atoms with Gasteiger partial charge in [0.1, 0.15) is 0 Å². The van der Waals surface area contributed by atoms with Crippen LogP contribution in [0.1, 0.15) is 32.1 Å². The van der Waals surface area contributed by atoms with Gasteiger partial charge in [-0.25, -0.2) is 0 Å². The Morgan fingerprint density at radius 2 is 2.12 bits per heavy atom. The van der Waals surface area contributed by atoms with Crippen molar-refractivity contribution in [2.45, 2.75) is 38.2 Å². The largest absolute Gasteiger partial charge is 0.393 e. The minimum atomic E-state index is -0.206. The maximum absolute atomic E-state index is 11.7. The highest BCUT2D eigenvalue weighted by Crippen LogP contribution is 2.37. The van der Waals surface area contributed by atoms with E-state index >= 15 is 0 Å². The number of rotatable bonds is 4. The molecule has 1 saturated heterocycles. The lowest BCUT2D eigenvalue weighted by molar-refractivity contribution is -0.134. The molecule has 2 aliphatic rings. The maximum atomic E-state index is 11.7. The summed E-state index contributed by atoms with van der Waals surface area (Å²) in [6.07, 6.45) is 4.66. The highest BCUT2D eigenvalue weighted by molar-refractivity contribution is 5.76. The van der Waals surface area contributed by atoms with Gasteiger partial charge in [-0.1, -0.05) is 12.8 Å². The summed E-state index contributed by atoms with van der Waals surface area (Å²) in [6.45, 7) is 1.85. The van der Waals surface area contributed by atoms with Gasteiger partial charge in [0.25, 0.3) is 0 Å². The zero-order valence-electron chi connectivity index (χ0n) is 9.77. The number of nitrogens with zero attached hydrogens (tertiary/aromatic N) is 1. The van der Waals surface area contributed by atoms with Crippen LogP contribution in [0.4, 0.5) is 0 Å². The Bertz CT molecular complexity index is 253. The summed E-state index contributed by atoms with van der Waals surface area (Å²) < 4.78 is 0. The molecule has 0 unspecified atom stereocenters. The van der Waals surface area contributed by atoms with E-state index in [9.17, 15) is 9.90 Å². The monoisotopic (exact) mass is 226 g/mol. The Labute approximate surface area is 96.8 Å². The number of aliphatic hydroxyl groups excluding tert-OH is 1. The third kappa shape index (κ3) is 2.95. The van der Waals surface area contributed by atoms with Crippen LogP contribution in [-0.2, 0) is 4.79 Å². The van der Waals surface area contributed by atoms with Crippen molar-refractivity contribution in [3.05, 3.63) is 0 Å². The van der Waals surface area contributed by atoms with Gasteiger partial charge in [-0.2, -0.15) is 0 Å². The zero-order valence-corrected chi connectivity index (χ0v) is 9.77. The van der Waals surface area contributed by atoms with Crippen LogP contribution in [0, 0.1) is 11.8 Å². The minimum Gasteiger partial charge on any atom is -0.393 e. The van der Waals surface area contributed by atoms with Gasteiger partial charge in [-0.15, -0.1) is 0 Å². The fourth-order valence-corrected chi connectivity index (χ4v) is 2.54. The molecular formula is C12H22N2O2. The zero-order chi connectivity index (χ0) is 11.5. The number of nitrogens with two attached hydrogens (primary N) is 1. The second-order valence-electron chi connectivity index (χ2n) is 5.17. The molecule has 0 radical (unpaired) electrons. The first-order valence-corrected chi connectivity index (χ1v) is 6.36. The lowest BCUT2D eigenvalue weighted by Crippen LogP contribution is -2.46. The van der Waals surface area contributed by atoms with Gasteiger partial charge in [0, 0.05) is 32.0 Å². The van der Waals surface area contributed by atoms with E-state index in [1.165, 1.54) is 12.8 Å². The number of amides is 1. The van der Waals surface area contributed by atoms with Crippen molar-refractivity contribution in [2.24, 2.45) is 17.6 Å². The van der Waals surface area contributed by atoms with Gasteiger partial charge >= 0.3 is 0 Å². The second kappa shape index (κ2) is 5.15. The van der Waals surface area contributed by atoms with Crippen molar-refractivity contribution >= 4 is 5.91 Å². The Balaban J connectivity index is 1.84. The smallest absolute Gasteiger partial charge is 0.223 e. The van der Waals surface area contributed by atoms with Crippen LogP contribution in [0.5, 0.6) is 0 Å². The molecule has 92 valence electrons. The SMILES string of the molecule is NCCC(=O)N1CC[C@H](O)[C@H](CC2CC2)C1. The van der Waals surface area contributed by atoms with Crippen LogP contribution in [-0.4, -0.2) is 41.7 Å². The molecule has 1 aliphatic carbocycles. The molecule has 1 aliphatic heterocycles. The van der Waals surface area contributed by atoms with E-state index < -0.39 is 0 Å². The first kappa shape index (κ1) is 11.9. The highest BCUT2D eigenvalue weighted by Gasteiger charge is 2.34. The van der Waals surface area contributed by atoms with Crippen molar-refractivity contribution < 1.29 is 9.90 Å². The van der Waals surface area contributed by atoms with Crippen LogP contribution >= 0.6 is 0 Å². The Hall–Kier alpha value is -0.610. The van der Waals surface area contributed by atoms with Gasteiger partial charge in [-0.05, 0) is 18.8 Å². The number of piperidine rings is 1. The minimum absolute atomic E-state index is 0.148. The van der Waals surface area contributed by atoms with E-state index in [1.807, 2.05) is 4.90 Å². The topological polar surface area (TPSA) is 66.6 Å². The predicted octanol–water partition coefficient (Wildman–Crippen LogP) is 0.345. The molecule has 4 heteroatoms. The van der Waals surface area contributed by atoms with Gasteiger partial charge in [0.15, 0.2) is 0 Å². The molecule has 1 amide bonds. The van der Waals surface area contributed by atoms with Crippen molar-refractivity contribution in [1.29, 1.82) is 0 Å². The third-order valence-corrected chi connectivity index (χ3v) is 3.74. The summed E-state index contributed by atoms with van der Waals surface area (Å²) in [5.41, 5.74) is 5.39. The van der Waals surface area contributed by atoms with Crippen molar-refractivity contribution in [2.75, 3.05) is 19.6 Å². The van der Waals surface area contributed by atoms with E-state index in [4.69, 9.17) is 5.73 Å². The van der Waals surface area contributed by atoms with Gasteiger partial charge in [0.05, 0.1) is 6.10 Å². The van der Waals surface area contributed by atoms with E-state index in [0.29, 0.717) is 25.4 Å². The fraction of sp³-hybridized carbons (Fsp3) is 0.917. The summed E-state index contributed by atoms with van der Waals surface area (Å²) >= 11 is 0. The third-order valence-electron chi connectivity index (χ3n) is 3.74. The molecule has 0 aromatic heterocycles. The number of aliphatic hydroxyl groups is 1. The van der Waals surface area contributed by atoms with Crippen LogP contribution < -0.4 is 5.73 Å². The van der Waals surface area contributed by atoms with Crippen molar-refractivity contribution in [3.8, 4) is 0 Å². The van der Waals surface area contributed by atoms with Gasteiger partial charge in [0.2, 0.25) is 5.91 Å². The van der Waals surface area contributed by atoms with Crippen LogP contribution in [0.2, 0.25) is 0 Å². The molecule has 2 fully saturated rings. The lowest BCUT2D eigenvalue weighted by atomic mass is 9.89. The van der Waals surface area contributed by atoms with Crippen molar-refractivity contribution in [1.82, 2.24) is 4.90 Å². The lowest BCUT2D eigenvalue weighted by Gasteiger charge is -2.36. The summed E-state index contributed by atoms with van der Waals surface area (Å²) in [5.74, 6) is 1.25. The molecule has 16 heavy (non-hydrogen) atoms. The summed E-state index contributed by atoms with van der Waals surface area (Å²) in [6, 6.07) is 0. The number of carbonyl (C=O) groups is 1. The molecule has 2 atom stereocenters. The molecule has 0 aromatic rings. The molecule has 0 spiro atoms. The summed E-state index contributed by atoms with van der Waals surface area (Å²) in [7, 11) is 0. The normalized spacial score (nSPS) is 30.5. The summed E-state index contributed by atoms with van der Waals surface area (Å²) in [4.78, 5) is 13.6. The van der Waals surface area contributed by atoms with Crippen LogP contribution in [0.15, 0.2) is 0 Å².